The zero-order valence-electron chi connectivity index (χ0n) is 13.6. The van der Waals surface area contributed by atoms with Gasteiger partial charge in [0.1, 0.15) is 23.1 Å². The van der Waals surface area contributed by atoms with Gasteiger partial charge in [-0.15, -0.1) is 0 Å². The van der Waals surface area contributed by atoms with Crippen LogP contribution in [-0.4, -0.2) is 14.2 Å². The minimum absolute atomic E-state index is 0.0295. The Labute approximate surface area is 149 Å². The molecule has 128 valence electrons. The molecule has 3 aromatic rings. The lowest BCUT2D eigenvalue weighted by molar-refractivity contribution is 0.415. The van der Waals surface area contributed by atoms with Crippen LogP contribution >= 0.6 is 11.6 Å². The van der Waals surface area contributed by atoms with E-state index in [0.717, 1.165) is 6.07 Å². The Morgan fingerprint density at radius 3 is 1.76 bits per heavy atom. The molecule has 0 amide bonds. The van der Waals surface area contributed by atoms with Crippen molar-refractivity contribution in [3.8, 4) is 33.8 Å². The molecule has 0 fully saturated rings. The van der Waals surface area contributed by atoms with Crippen molar-refractivity contribution >= 4 is 11.6 Å². The fourth-order valence-electron chi connectivity index (χ4n) is 2.79. The van der Waals surface area contributed by atoms with Crippen molar-refractivity contribution in [1.29, 1.82) is 0 Å². The fourth-order valence-corrected chi connectivity index (χ4v) is 3.07. The van der Waals surface area contributed by atoms with Crippen LogP contribution in [0.2, 0.25) is 5.02 Å². The van der Waals surface area contributed by atoms with Crippen LogP contribution in [-0.2, 0) is 0 Å². The minimum Gasteiger partial charge on any atom is -0.496 e. The van der Waals surface area contributed by atoms with Gasteiger partial charge in [0.05, 0.1) is 24.8 Å². The summed E-state index contributed by atoms with van der Waals surface area (Å²) >= 11 is 6.16. The molecule has 25 heavy (non-hydrogen) atoms. The van der Waals surface area contributed by atoms with E-state index in [1.807, 2.05) is 0 Å². The van der Waals surface area contributed by atoms with Crippen molar-refractivity contribution in [3.63, 3.8) is 0 Å². The average molecular weight is 361 g/mol. The van der Waals surface area contributed by atoms with E-state index in [-0.39, 0.29) is 16.1 Å². The molecule has 5 heteroatoms. The third kappa shape index (κ3) is 3.05. The van der Waals surface area contributed by atoms with Crippen LogP contribution in [0.4, 0.5) is 8.78 Å². The van der Waals surface area contributed by atoms with E-state index in [9.17, 15) is 4.39 Å². The number of benzene rings is 3. The molecule has 3 aromatic carbocycles. The normalized spacial score (nSPS) is 10.6. The van der Waals surface area contributed by atoms with Crippen molar-refractivity contribution in [2.24, 2.45) is 0 Å². The lowest BCUT2D eigenvalue weighted by Crippen LogP contribution is -1.99. The first-order valence-electron chi connectivity index (χ1n) is 7.52. The highest BCUT2D eigenvalue weighted by Gasteiger charge is 2.23. The molecule has 0 bridgehead atoms. The van der Waals surface area contributed by atoms with Gasteiger partial charge in [0.2, 0.25) is 0 Å². The number of para-hydroxylation sites is 2. The van der Waals surface area contributed by atoms with Gasteiger partial charge >= 0.3 is 0 Å². The van der Waals surface area contributed by atoms with Crippen LogP contribution in [0.15, 0.2) is 54.6 Å². The first-order valence-corrected chi connectivity index (χ1v) is 7.90. The Morgan fingerprint density at radius 2 is 1.24 bits per heavy atom. The maximum Gasteiger partial charge on any atom is 0.143 e. The van der Waals surface area contributed by atoms with E-state index < -0.39 is 11.6 Å². The lowest BCUT2D eigenvalue weighted by atomic mass is 9.96. The monoisotopic (exact) mass is 360 g/mol. The standard InChI is InChI=1S/C20H15ClF2O2/c1-24-16-9-5-3-7-12(16)18-14(21)11-15(22)19(20(18)23)13-8-4-6-10-17(13)25-2/h3-11H,1-2H3. The second kappa shape index (κ2) is 7.11. The Morgan fingerprint density at radius 1 is 0.760 bits per heavy atom. The van der Waals surface area contributed by atoms with E-state index >= 15 is 4.39 Å². The van der Waals surface area contributed by atoms with E-state index in [1.54, 1.807) is 48.5 Å². The summed E-state index contributed by atoms with van der Waals surface area (Å²) in [6, 6.07) is 14.6. The summed E-state index contributed by atoms with van der Waals surface area (Å²) in [5.74, 6) is -0.709. The molecule has 0 N–H and O–H groups in total. The first kappa shape index (κ1) is 17.2. The molecule has 0 aliphatic heterocycles. The summed E-state index contributed by atoms with van der Waals surface area (Å²) in [6.45, 7) is 0. The molecule has 0 heterocycles. The summed E-state index contributed by atoms with van der Waals surface area (Å²) in [6.07, 6.45) is 0. The molecule has 0 aliphatic rings. The Kier molecular flexibility index (Phi) is 4.91. The van der Waals surface area contributed by atoms with Gasteiger partial charge in [0.25, 0.3) is 0 Å². The van der Waals surface area contributed by atoms with Gasteiger partial charge in [-0.2, -0.15) is 0 Å². The van der Waals surface area contributed by atoms with Gasteiger partial charge < -0.3 is 9.47 Å². The predicted molar refractivity (Wildman–Crippen MR) is 95.3 cm³/mol. The molecular weight excluding hydrogens is 346 g/mol. The smallest absolute Gasteiger partial charge is 0.143 e. The summed E-state index contributed by atoms with van der Waals surface area (Å²) < 4.78 is 40.5. The van der Waals surface area contributed by atoms with E-state index in [1.165, 1.54) is 14.2 Å². The predicted octanol–water partition coefficient (Wildman–Crippen LogP) is 5.97. The molecule has 2 nitrogen and oxygen atoms in total. The lowest BCUT2D eigenvalue weighted by Gasteiger charge is -2.16. The SMILES string of the molecule is COc1ccccc1-c1c(F)cc(Cl)c(-c2ccccc2OC)c1F. The maximum absolute atomic E-state index is 15.4. The molecule has 0 spiro atoms. The van der Waals surface area contributed by atoms with Crippen molar-refractivity contribution in [2.45, 2.75) is 0 Å². The summed E-state index contributed by atoms with van der Waals surface area (Å²) in [4.78, 5) is 0. The number of hydrogen-bond acceptors (Lipinski definition) is 2. The molecule has 0 saturated heterocycles. The van der Waals surface area contributed by atoms with E-state index in [2.05, 4.69) is 0 Å². The molecule has 3 rings (SSSR count). The van der Waals surface area contributed by atoms with Crippen LogP contribution < -0.4 is 9.47 Å². The highest BCUT2D eigenvalue weighted by atomic mass is 35.5. The molecular formula is C20H15ClF2O2. The number of halogens is 3. The summed E-state index contributed by atoms with van der Waals surface area (Å²) in [5, 5.41) is -0.0295. The number of ether oxygens (including phenoxy) is 2. The Bertz CT molecular complexity index is 854. The van der Waals surface area contributed by atoms with Gasteiger partial charge in [-0.1, -0.05) is 48.0 Å². The number of rotatable bonds is 4. The zero-order chi connectivity index (χ0) is 18.0. The van der Waals surface area contributed by atoms with Gasteiger partial charge in [0.15, 0.2) is 0 Å². The first-order chi connectivity index (χ1) is 12.1. The van der Waals surface area contributed by atoms with E-state index in [4.69, 9.17) is 21.1 Å². The summed E-state index contributed by atoms with van der Waals surface area (Å²) in [5.41, 5.74) is 0.653. The van der Waals surface area contributed by atoms with Crippen LogP contribution in [0.25, 0.3) is 22.3 Å². The van der Waals surface area contributed by atoms with Gasteiger partial charge in [-0.3, -0.25) is 0 Å². The number of hydrogen-bond donors (Lipinski definition) is 0. The van der Waals surface area contributed by atoms with Crippen LogP contribution in [0, 0.1) is 11.6 Å². The molecule has 0 radical (unpaired) electrons. The van der Waals surface area contributed by atoms with Gasteiger partial charge in [0, 0.05) is 16.7 Å². The van der Waals surface area contributed by atoms with Crippen LogP contribution in [0.5, 0.6) is 11.5 Å². The molecule has 0 aromatic heterocycles. The molecule has 0 saturated carbocycles. The quantitative estimate of drug-likeness (QED) is 0.570. The molecule has 0 atom stereocenters. The highest BCUT2D eigenvalue weighted by molar-refractivity contribution is 6.33. The van der Waals surface area contributed by atoms with Gasteiger partial charge in [-0.25, -0.2) is 8.78 Å². The van der Waals surface area contributed by atoms with Crippen molar-refractivity contribution in [1.82, 2.24) is 0 Å². The van der Waals surface area contributed by atoms with Crippen LogP contribution in [0.1, 0.15) is 0 Å². The zero-order valence-corrected chi connectivity index (χ0v) is 14.4. The molecule has 0 unspecified atom stereocenters. The molecule has 0 aliphatic carbocycles. The van der Waals surface area contributed by atoms with E-state index in [0.29, 0.717) is 22.6 Å². The van der Waals surface area contributed by atoms with Crippen molar-refractivity contribution in [3.05, 3.63) is 71.3 Å². The van der Waals surface area contributed by atoms with Gasteiger partial charge in [-0.05, 0) is 18.2 Å². The van der Waals surface area contributed by atoms with Crippen LogP contribution in [0.3, 0.4) is 0 Å². The Hall–Kier alpha value is -2.59. The second-order valence-corrected chi connectivity index (χ2v) is 5.71. The Balaban J connectivity index is 2.33. The van der Waals surface area contributed by atoms with Crippen molar-refractivity contribution < 1.29 is 18.3 Å². The largest absolute Gasteiger partial charge is 0.496 e. The third-order valence-corrected chi connectivity index (χ3v) is 4.22. The second-order valence-electron chi connectivity index (χ2n) is 5.30. The fraction of sp³-hybridized carbons (Fsp3) is 0.100. The maximum atomic E-state index is 15.4. The van der Waals surface area contributed by atoms with Crippen molar-refractivity contribution in [2.75, 3.05) is 14.2 Å². The average Bonchev–Trinajstić information content (AvgIpc) is 2.62. The summed E-state index contributed by atoms with van der Waals surface area (Å²) in [7, 11) is 2.93. The highest BCUT2D eigenvalue weighted by Crippen LogP contribution is 2.43. The third-order valence-electron chi connectivity index (χ3n) is 3.92. The topological polar surface area (TPSA) is 18.5 Å². The number of methoxy groups -OCH3 is 2. The minimum atomic E-state index is -0.765.